The first-order valence-corrected chi connectivity index (χ1v) is 5.92. The summed E-state index contributed by atoms with van der Waals surface area (Å²) >= 11 is 0. The van der Waals surface area contributed by atoms with E-state index in [0.717, 1.165) is 17.5 Å². The number of aliphatic hydroxyl groups is 1. The van der Waals surface area contributed by atoms with Gasteiger partial charge in [-0.05, 0) is 31.0 Å². The molecule has 0 spiro atoms. The Morgan fingerprint density at radius 2 is 2.12 bits per heavy atom. The molecule has 0 aliphatic carbocycles. The summed E-state index contributed by atoms with van der Waals surface area (Å²) in [6.07, 6.45) is 2.83. The lowest BCUT2D eigenvalue weighted by molar-refractivity contribution is 0.282. The Morgan fingerprint density at radius 1 is 1.35 bits per heavy atom. The molecule has 2 aromatic rings. The van der Waals surface area contributed by atoms with Gasteiger partial charge in [0.15, 0.2) is 5.43 Å². The monoisotopic (exact) mass is 231 g/mol. The third-order valence-corrected chi connectivity index (χ3v) is 3.24. The van der Waals surface area contributed by atoms with E-state index in [9.17, 15) is 4.79 Å². The van der Waals surface area contributed by atoms with E-state index in [1.165, 1.54) is 0 Å². The molecule has 3 heteroatoms. The van der Waals surface area contributed by atoms with E-state index in [2.05, 4.69) is 18.4 Å². The number of aliphatic hydroxyl groups excluding tert-OH is 1. The molecule has 17 heavy (non-hydrogen) atoms. The minimum absolute atomic E-state index is 0.000466. The Labute approximate surface area is 100 Å². The smallest absolute Gasteiger partial charge is 0.189 e. The molecule has 1 heterocycles. The molecule has 0 saturated heterocycles. The minimum Gasteiger partial charge on any atom is -0.392 e. The standard InChI is InChI=1S/C14H17NO2/c1-3-10(2)15-7-6-14(17)12-5-4-11(9-16)8-13(12)15/h4-8,10,16H,3,9H2,1-2H3. The molecular formula is C14H17NO2. The summed E-state index contributed by atoms with van der Waals surface area (Å²) < 4.78 is 2.09. The number of hydrogen-bond acceptors (Lipinski definition) is 2. The zero-order valence-electron chi connectivity index (χ0n) is 10.2. The van der Waals surface area contributed by atoms with Crippen molar-refractivity contribution in [2.24, 2.45) is 0 Å². The summed E-state index contributed by atoms with van der Waals surface area (Å²) in [6, 6.07) is 7.43. The maximum Gasteiger partial charge on any atom is 0.189 e. The van der Waals surface area contributed by atoms with Gasteiger partial charge in [0.05, 0.1) is 12.1 Å². The molecule has 0 bridgehead atoms. The van der Waals surface area contributed by atoms with Gasteiger partial charge in [0.1, 0.15) is 0 Å². The van der Waals surface area contributed by atoms with Crippen molar-refractivity contribution in [3.63, 3.8) is 0 Å². The van der Waals surface area contributed by atoms with Gasteiger partial charge in [-0.25, -0.2) is 0 Å². The number of hydrogen-bond donors (Lipinski definition) is 1. The van der Waals surface area contributed by atoms with Crippen LogP contribution in [-0.4, -0.2) is 9.67 Å². The van der Waals surface area contributed by atoms with Crippen LogP contribution in [0.15, 0.2) is 35.3 Å². The summed E-state index contributed by atoms with van der Waals surface area (Å²) in [5.41, 5.74) is 1.77. The van der Waals surface area contributed by atoms with Gasteiger partial charge in [0, 0.05) is 23.7 Å². The summed E-state index contributed by atoms with van der Waals surface area (Å²) in [6.45, 7) is 4.24. The maximum atomic E-state index is 11.8. The van der Waals surface area contributed by atoms with E-state index in [-0.39, 0.29) is 12.0 Å². The Morgan fingerprint density at radius 3 is 2.76 bits per heavy atom. The first-order chi connectivity index (χ1) is 8.17. The molecule has 90 valence electrons. The third kappa shape index (κ3) is 2.11. The van der Waals surface area contributed by atoms with E-state index < -0.39 is 0 Å². The van der Waals surface area contributed by atoms with Crippen LogP contribution in [0.5, 0.6) is 0 Å². The average Bonchev–Trinajstić information content (AvgIpc) is 2.38. The van der Waals surface area contributed by atoms with Gasteiger partial charge >= 0.3 is 0 Å². The lowest BCUT2D eigenvalue weighted by Crippen LogP contribution is -2.11. The number of benzene rings is 1. The van der Waals surface area contributed by atoms with E-state index in [0.29, 0.717) is 11.4 Å². The van der Waals surface area contributed by atoms with Crippen molar-refractivity contribution >= 4 is 10.9 Å². The Kier molecular flexibility index (Phi) is 3.29. The van der Waals surface area contributed by atoms with Crippen LogP contribution in [0.3, 0.4) is 0 Å². The molecule has 0 aliphatic heterocycles. The highest BCUT2D eigenvalue weighted by molar-refractivity contribution is 5.79. The van der Waals surface area contributed by atoms with Crippen LogP contribution in [-0.2, 0) is 6.61 Å². The van der Waals surface area contributed by atoms with Crippen LogP contribution in [0.25, 0.3) is 10.9 Å². The fourth-order valence-electron chi connectivity index (χ4n) is 2.00. The van der Waals surface area contributed by atoms with Crippen molar-refractivity contribution in [1.82, 2.24) is 4.57 Å². The van der Waals surface area contributed by atoms with Gasteiger partial charge in [0.25, 0.3) is 0 Å². The number of pyridine rings is 1. The predicted octanol–water partition coefficient (Wildman–Crippen LogP) is 2.46. The Hall–Kier alpha value is -1.61. The minimum atomic E-state index is -0.000466. The van der Waals surface area contributed by atoms with Gasteiger partial charge in [-0.3, -0.25) is 4.79 Å². The zero-order valence-corrected chi connectivity index (χ0v) is 10.2. The van der Waals surface area contributed by atoms with Gasteiger partial charge in [-0.15, -0.1) is 0 Å². The lowest BCUT2D eigenvalue weighted by Gasteiger charge is -2.17. The number of fused-ring (bicyclic) bond motifs is 1. The molecule has 1 N–H and O–H groups in total. The highest BCUT2D eigenvalue weighted by Gasteiger charge is 2.07. The van der Waals surface area contributed by atoms with Crippen molar-refractivity contribution in [3.8, 4) is 0 Å². The highest BCUT2D eigenvalue weighted by Crippen LogP contribution is 2.19. The second-order valence-electron chi connectivity index (χ2n) is 4.35. The Balaban J connectivity index is 2.76. The van der Waals surface area contributed by atoms with Crippen LogP contribution in [0, 0.1) is 0 Å². The lowest BCUT2D eigenvalue weighted by atomic mass is 10.1. The molecular weight excluding hydrogens is 214 g/mol. The molecule has 1 atom stereocenters. The average molecular weight is 231 g/mol. The molecule has 0 radical (unpaired) electrons. The van der Waals surface area contributed by atoms with E-state index in [4.69, 9.17) is 5.11 Å². The van der Waals surface area contributed by atoms with Crippen LogP contribution in [0.2, 0.25) is 0 Å². The van der Waals surface area contributed by atoms with Gasteiger partial charge in [-0.1, -0.05) is 13.0 Å². The molecule has 1 aromatic heterocycles. The second-order valence-corrected chi connectivity index (χ2v) is 4.35. The molecule has 1 unspecified atom stereocenters. The zero-order chi connectivity index (χ0) is 12.4. The number of nitrogens with zero attached hydrogens (tertiary/aromatic N) is 1. The van der Waals surface area contributed by atoms with Crippen molar-refractivity contribution < 1.29 is 5.11 Å². The second kappa shape index (κ2) is 4.72. The van der Waals surface area contributed by atoms with Crippen LogP contribution in [0.1, 0.15) is 31.9 Å². The van der Waals surface area contributed by atoms with Crippen molar-refractivity contribution in [2.75, 3.05) is 0 Å². The first kappa shape index (κ1) is 11.9. The number of aromatic nitrogens is 1. The van der Waals surface area contributed by atoms with E-state index in [1.54, 1.807) is 18.2 Å². The predicted molar refractivity (Wildman–Crippen MR) is 69.1 cm³/mol. The molecule has 1 aromatic carbocycles. The molecule has 0 fully saturated rings. The highest BCUT2D eigenvalue weighted by atomic mass is 16.3. The summed E-state index contributed by atoms with van der Waals surface area (Å²) in [7, 11) is 0. The summed E-state index contributed by atoms with van der Waals surface area (Å²) in [5, 5.41) is 9.88. The fraction of sp³-hybridized carbons (Fsp3) is 0.357. The topological polar surface area (TPSA) is 42.2 Å². The van der Waals surface area contributed by atoms with Gasteiger partial charge < -0.3 is 9.67 Å². The van der Waals surface area contributed by atoms with Crippen LogP contribution in [0.4, 0.5) is 0 Å². The van der Waals surface area contributed by atoms with E-state index >= 15 is 0 Å². The van der Waals surface area contributed by atoms with Crippen molar-refractivity contribution in [3.05, 3.63) is 46.2 Å². The fourth-order valence-corrected chi connectivity index (χ4v) is 2.00. The molecule has 2 rings (SSSR count). The third-order valence-electron chi connectivity index (χ3n) is 3.24. The normalized spacial score (nSPS) is 12.9. The van der Waals surface area contributed by atoms with Crippen LogP contribution < -0.4 is 5.43 Å². The summed E-state index contributed by atoms with van der Waals surface area (Å²) in [5.74, 6) is 0. The first-order valence-electron chi connectivity index (χ1n) is 5.92. The maximum absolute atomic E-state index is 11.8. The van der Waals surface area contributed by atoms with Gasteiger partial charge in [0.2, 0.25) is 0 Å². The van der Waals surface area contributed by atoms with Crippen molar-refractivity contribution in [1.29, 1.82) is 0 Å². The molecule has 3 nitrogen and oxygen atoms in total. The SMILES string of the molecule is CCC(C)n1ccc(=O)c2ccc(CO)cc21. The van der Waals surface area contributed by atoms with Crippen LogP contribution >= 0.6 is 0 Å². The number of rotatable bonds is 3. The largest absolute Gasteiger partial charge is 0.392 e. The molecule has 0 amide bonds. The molecule has 0 aliphatic rings. The quantitative estimate of drug-likeness (QED) is 0.881. The van der Waals surface area contributed by atoms with Gasteiger partial charge in [-0.2, -0.15) is 0 Å². The summed E-state index contributed by atoms with van der Waals surface area (Å²) in [4.78, 5) is 11.8. The van der Waals surface area contributed by atoms with Crippen molar-refractivity contribution in [2.45, 2.75) is 32.9 Å². The van der Waals surface area contributed by atoms with E-state index in [1.807, 2.05) is 12.3 Å². The Bertz CT molecular complexity index is 586. The molecule has 0 saturated carbocycles.